The highest BCUT2D eigenvalue weighted by atomic mass is 16.5. The fourth-order valence-corrected chi connectivity index (χ4v) is 1.43. The number of nitrogens with one attached hydrogen (secondary N) is 1. The van der Waals surface area contributed by atoms with Crippen LogP contribution in [0.15, 0.2) is 30.7 Å². The minimum absolute atomic E-state index is 0.332. The Bertz CT molecular complexity index is 508. The third kappa shape index (κ3) is 4.30. The van der Waals surface area contributed by atoms with Crippen molar-refractivity contribution >= 4 is 0 Å². The molecule has 0 radical (unpaired) electrons. The summed E-state index contributed by atoms with van der Waals surface area (Å²) in [4.78, 5) is 12.5. The Balaban J connectivity index is 1.96. The Morgan fingerprint density at radius 3 is 2.42 bits per heavy atom. The van der Waals surface area contributed by atoms with Crippen molar-refractivity contribution in [2.45, 2.75) is 33.4 Å². The number of nitrogens with zero attached hydrogens (tertiary/aromatic N) is 3. The normalized spacial score (nSPS) is 10.7. The minimum Gasteiger partial charge on any atom is -0.423 e. The van der Waals surface area contributed by atoms with E-state index in [2.05, 4.69) is 34.1 Å². The van der Waals surface area contributed by atoms with Crippen LogP contribution in [0.25, 0.3) is 0 Å². The first kappa shape index (κ1) is 13.4. The molecule has 2 rings (SSSR count). The van der Waals surface area contributed by atoms with E-state index in [0.29, 0.717) is 17.8 Å². The zero-order chi connectivity index (χ0) is 13.7. The van der Waals surface area contributed by atoms with Crippen molar-refractivity contribution in [1.82, 2.24) is 20.3 Å². The predicted molar refractivity (Wildman–Crippen MR) is 73.1 cm³/mol. The van der Waals surface area contributed by atoms with Crippen LogP contribution in [0.4, 0.5) is 0 Å². The second kappa shape index (κ2) is 6.24. The number of ether oxygens (including phenoxy) is 1. The van der Waals surface area contributed by atoms with Crippen LogP contribution >= 0.6 is 0 Å². The summed E-state index contributed by atoms with van der Waals surface area (Å²) in [6.45, 7) is 6.88. The fourth-order valence-electron chi connectivity index (χ4n) is 1.43. The second-order valence-corrected chi connectivity index (χ2v) is 4.65. The summed E-state index contributed by atoms with van der Waals surface area (Å²) in [7, 11) is 0. The molecule has 100 valence electrons. The molecule has 0 spiro atoms. The van der Waals surface area contributed by atoms with Crippen LogP contribution in [0.1, 0.15) is 25.1 Å². The van der Waals surface area contributed by atoms with Gasteiger partial charge in [0.05, 0.1) is 6.20 Å². The Morgan fingerprint density at radius 1 is 1.11 bits per heavy atom. The molecule has 0 unspecified atom stereocenters. The van der Waals surface area contributed by atoms with Gasteiger partial charge in [-0.2, -0.15) is 0 Å². The highest BCUT2D eigenvalue weighted by molar-refractivity contribution is 5.22. The van der Waals surface area contributed by atoms with E-state index >= 15 is 0 Å². The number of hydrogen-bond donors (Lipinski definition) is 1. The zero-order valence-corrected chi connectivity index (χ0v) is 11.4. The number of hydrogen-bond acceptors (Lipinski definition) is 5. The summed E-state index contributed by atoms with van der Waals surface area (Å²) in [5.74, 6) is 0.638. The summed E-state index contributed by atoms with van der Waals surface area (Å²) >= 11 is 0. The smallest absolute Gasteiger partial charge is 0.321 e. The van der Waals surface area contributed by atoms with Gasteiger partial charge in [0, 0.05) is 36.2 Å². The molecule has 2 aromatic rings. The van der Waals surface area contributed by atoms with Gasteiger partial charge in [-0.05, 0) is 19.1 Å². The molecule has 0 aliphatic carbocycles. The van der Waals surface area contributed by atoms with Crippen LogP contribution < -0.4 is 10.1 Å². The van der Waals surface area contributed by atoms with E-state index in [-0.39, 0.29) is 0 Å². The molecule has 0 amide bonds. The van der Waals surface area contributed by atoms with Crippen LogP contribution in [0.2, 0.25) is 0 Å². The van der Waals surface area contributed by atoms with Gasteiger partial charge in [-0.3, -0.25) is 4.98 Å². The lowest BCUT2D eigenvalue weighted by atomic mass is 10.3. The van der Waals surface area contributed by atoms with Crippen LogP contribution in [0.3, 0.4) is 0 Å². The molecule has 0 atom stereocenters. The molecule has 0 saturated heterocycles. The second-order valence-electron chi connectivity index (χ2n) is 4.65. The molecular weight excluding hydrogens is 240 g/mol. The Kier molecular flexibility index (Phi) is 4.41. The average molecular weight is 258 g/mol. The van der Waals surface area contributed by atoms with E-state index in [9.17, 15) is 0 Å². The third-order valence-corrected chi connectivity index (χ3v) is 2.49. The standard InChI is InChI=1S/C14H18N4O/c1-10(2)15-6-12-7-17-14(18-8-12)19-13-5-4-11(3)16-9-13/h4-5,7-10,15H,6H2,1-3H3. The van der Waals surface area contributed by atoms with E-state index in [1.807, 2.05) is 19.1 Å². The van der Waals surface area contributed by atoms with Gasteiger partial charge in [0.1, 0.15) is 5.75 Å². The van der Waals surface area contributed by atoms with E-state index in [0.717, 1.165) is 17.8 Å². The molecule has 5 nitrogen and oxygen atoms in total. The van der Waals surface area contributed by atoms with Crippen LogP contribution in [0, 0.1) is 6.92 Å². The van der Waals surface area contributed by atoms with Crippen molar-refractivity contribution in [1.29, 1.82) is 0 Å². The maximum atomic E-state index is 5.51. The third-order valence-electron chi connectivity index (χ3n) is 2.49. The zero-order valence-electron chi connectivity index (χ0n) is 11.4. The molecule has 0 aliphatic heterocycles. The van der Waals surface area contributed by atoms with E-state index < -0.39 is 0 Å². The van der Waals surface area contributed by atoms with Crippen molar-refractivity contribution in [3.63, 3.8) is 0 Å². The van der Waals surface area contributed by atoms with Crippen molar-refractivity contribution in [2.24, 2.45) is 0 Å². The highest BCUT2D eigenvalue weighted by Gasteiger charge is 2.02. The molecular formula is C14H18N4O. The molecule has 19 heavy (non-hydrogen) atoms. The minimum atomic E-state index is 0.332. The summed E-state index contributed by atoms with van der Waals surface area (Å²) in [5.41, 5.74) is 1.98. The monoisotopic (exact) mass is 258 g/mol. The average Bonchev–Trinajstić information content (AvgIpc) is 2.40. The lowest BCUT2D eigenvalue weighted by Crippen LogP contribution is -2.21. The van der Waals surface area contributed by atoms with Crippen molar-refractivity contribution in [3.8, 4) is 11.8 Å². The van der Waals surface area contributed by atoms with Gasteiger partial charge in [-0.25, -0.2) is 9.97 Å². The first-order valence-electron chi connectivity index (χ1n) is 6.28. The first-order valence-corrected chi connectivity index (χ1v) is 6.28. The van der Waals surface area contributed by atoms with Gasteiger partial charge in [0.15, 0.2) is 0 Å². The van der Waals surface area contributed by atoms with Crippen molar-refractivity contribution in [2.75, 3.05) is 0 Å². The summed E-state index contributed by atoms with van der Waals surface area (Å²) in [6, 6.07) is 4.50. The van der Waals surface area contributed by atoms with Crippen LogP contribution in [0.5, 0.6) is 11.8 Å². The van der Waals surface area contributed by atoms with Gasteiger partial charge in [-0.15, -0.1) is 0 Å². The Morgan fingerprint density at radius 2 is 1.84 bits per heavy atom. The highest BCUT2D eigenvalue weighted by Crippen LogP contribution is 2.15. The maximum absolute atomic E-state index is 5.51. The SMILES string of the molecule is Cc1ccc(Oc2ncc(CNC(C)C)cn2)cn1. The van der Waals surface area contributed by atoms with Crippen molar-refractivity contribution < 1.29 is 4.74 Å². The topological polar surface area (TPSA) is 59.9 Å². The number of rotatable bonds is 5. The molecule has 2 aromatic heterocycles. The van der Waals surface area contributed by atoms with Crippen LogP contribution in [-0.4, -0.2) is 21.0 Å². The Labute approximate surface area is 113 Å². The lowest BCUT2D eigenvalue weighted by molar-refractivity contribution is 0.438. The summed E-state index contributed by atoms with van der Waals surface area (Å²) in [5, 5.41) is 3.31. The van der Waals surface area contributed by atoms with Gasteiger partial charge in [-0.1, -0.05) is 13.8 Å². The number of aryl methyl sites for hydroxylation is 1. The molecule has 5 heteroatoms. The number of pyridine rings is 1. The number of aromatic nitrogens is 3. The lowest BCUT2D eigenvalue weighted by Gasteiger charge is -2.08. The maximum Gasteiger partial charge on any atom is 0.321 e. The van der Waals surface area contributed by atoms with Gasteiger partial charge in [0.25, 0.3) is 0 Å². The van der Waals surface area contributed by atoms with E-state index in [1.54, 1.807) is 18.6 Å². The molecule has 2 heterocycles. The molecule has 0 aromatic carbocycles. The quantitative estimate of drug-likeness (QED) is 0.892. The van der Waals surface area contributed by atoms with Gasteiger partial charge < -0.3 is 10.1 Å². The molecule has 0 fully saturated rings. The van der Waals surface area contributed by atoms with E-state index in [4.69, 9.17) is 4.74 Å². The largest absolute Gasteiger partial charge is 0.423 e. The Hall–Kier alpha value is -2.01. The van der Waals surface area contributed by atoms with Crippen molar-refractivity contribution in [3.05, 3.63) is 42.0 Å². The van der Waals surface area contributed by atoms with Crippen LogP contribution in [-0.2, 0) is 6.54 Å². The molecule has 0 aliphatic rings. The molecule has 0 saturated carbocycles. The fraction of sp³-hybridized carbons (Fsp3) is 0.357. The first-order chi connectivity index (χ1) is 9.13. The predicted octanol–water partition coefficient (Wildman–Crippen LogP) is 2.47. The van der Waals surface area contributed by atoms with Gasteiger partial charge in [0.2, 0.25) is 0 Å². The molecule has 1 N–H and O–H groups in total. The van der Waals surface area contributed by atoms with Gasteiger partial charge >= 0.3 is 6.01 Å². The van der Waals surface area contributed by atoms with E-state index in [1.165, 1.54) is 0 Å². The summed E-state index contributed by atoms with van der Waals surface area (Å²) < 4.78 is 5.51. The summed E-state index contributed by atoms with van der Waals surface area (Å²) in [6.07, 6.45) is 5.19. The molecule has 0 bridgehead atoms.